The first-order valence-corrected chi connectivity index (χ1v) is 14.8. The normalized spacial score (nSPS) is 11.1. The van der Waals surface area contributed by atoms with Gasteiger partial charge in [0.2, 0.25) is 5.91 Å². The van der Waals surface area contributed by atoms with Crippen LogP contribution in [0.3, 0.4) is 0 Å². The Morgan fingerprint density at radius 1 is 0.775 bits per heavy atom. The van der Waals surface area contributed by atoms with Crippen LogP contribution in [0.1, 0.15) is 30.0 Å². The van der Waals surface area contributed by atoms with E-state index in [1.807, 2.05) is 95.6 Å². The van der Waals surface area contributed by atoms with Gasteiger partial charge in [-0.3, -0.25) is 9.36 Å². The molecular formula is C31H25Cl3N4OS. The predicted octanol–water partition coefficient (Wildman–Crippen LogP) is 8.67. The van der Waals surface area contributed by atoms with Gasteiger partial charge in [0.25, 0.3) is 0 Å². The molecule has 0 atom stereocenters. The molecule has 1 aromatic heterocycles. The third kappa shape index (κ3) is 6.70. The molecule has 1 amide bonds. The highest BCUT2D eigenvalue weighted by Gasteiger charge is 2.20. The minimum absolute atomic E-state index is 0.0130. The molecule has 1 heterocycles. The number of aromatic nitrogens is 3. The van der Waals surface area contributed by atoms with Crippen LogP contribution in [-0.2, 0) is 4.79 Å². The monoisotopic (exact) mass is 606 g/mol. The van der Waals surface area contributed by atoms with Gasteiger partial charge in [-0.2, -0.15) is 0 Å². The first-order valence-electron chi connectivity index (χ1n) is 12.7. The van der Waals surface area contributed by atoms with E-state index in [0.29, 0.717) is 44.6 Å². The molecule has 0 radical (unpaired) electrons. The van der Waals surface area contributed by atoms with E-state index < -0.39 is 0 Å². The van der Waals surface area contributed by atoms with Crippen molar-refractivity contribution in [1.29, 1.82) is 0 Å². The molecule has 0 spiro atoms. The largest absolute Gasteiger partial charge is 0.345 e. The van der Waals surface area contributed by atoms with E-state index in [4.69, 9.17) is 34.8 Å². The number of carbonyl (C=O) groups is 1. The molecule has 0 saturated heterocycles. The van der Waals surface area contributed by atoms with Gasteiger partial charge in [-0.05, 0) is 47.9 Å². The van der Waals surface area contributed by atoms with Crippen molar-refractivity contribution in [1.82, 2.24) is 20.1 Å². The van der Waals surface area contributed by atoms with Gasteiger partial charge in [0.15, 0.2) is 11.0 Å². The Bertz CT molecular complexity index is 1560. The molecule has 5 nitrogen and oxygen atoms in total. The number of hydrogen-bond acceptors (Lipinski definition) is 4. The maximum atomic E-state index is 13.0. The van der Waals surface area contributed by atoms with Crippen molar-refractivity contribution in [3.8, 4) is 17.1 Å². The second-order valence-electron chi connectivity index (χ2n) is 8.99. The van der Waals surface area contributed by atoms with Crippen molar-refractivity contribution < 1.29 is 4.79 Å². The molecule has 202 valence electrons. The summed E-state index contributed by atoms with van der Waals surface area (Å²) in [6.45, 7) is 0. The van der Waals surface area contributed by atoms with Crippen LogP contribution in [0.25, 0.3) is 17.1 Å². The van der Waals surface area contributed by atoms with Crippen molar-refractivity contribution in [2.45, 2.75) is 24.0 Å². The highest BCUT2D eigenvalue weighted by molar-refractivity contribution is 7.99. The third-order valence-corrected chi connectivity index (χ3v) is 8.34. The predicted molar refractivity (Wildman–Crippen MR) is 165 cm³/mol. The zero-order valence-electron chi connectivity index (χ0n) is 21.3. The average Bonchev–Trinajstić information content (AvgIpc) is 3.40. The summed E-state index contributed by atoms with van der Waals surface area (Å²) in [6.07, 6.45) is 1.03. The van der Waals surface area contributed by atoms with Gasteiger partial charge < -0.3 is 5.32 Å². The van der Waals surface area contributed by atoms with Crippen LogP contribution in [0, 0.1) is 0 Å². The van der Waals surface area contributed by atoms with E-state index in [1.54, 1.807) is 12.1 Å². The number of rotatable bonds is 10. The number of carbonyl (C=O) groups excluding carboxylic acids is 1. The Balaban J connectivity index is 1.29. The molecule has 0 unspecified atom stereocenters. The first kappa shape index (κ1) is 28.2. The summed E-state index contributed by atoms with van der Waals surface area (Å²) in [5.74, 6) is 1.25. The number of amides is 1. The highest BCUT2D eigenvalue weighted by Crippen LogP contribution is 2.34. The highest BCUT2D eigenvalue weighted by atomic mass is 35.5. The molecule has 0 bridgehead atoms. The lowest BCUT2D eigenvalue weighted by atomic mass is 9.98. The molecule has 40 heavy (non-hydrogen) atoms. The van der Waals surface area contributed by atoms with Crippen LogP contribution >= 0.6 is 46.6 Å². The Labute approximate surface area is 252 Å². The molecule has 4 aromatic carbocycles. The fraction of sp³-hybridized carbons (Fsp3) is 0.129. The maximum absolute atomic E-state index is 13.0. The van der Waals surface area contributed by atoms with Crippen LogP contribution in [0.2, 0.25) is 15.1 Å². The van der Waals surface area contributed by atoms with Gasteiger partial charge in [0, 0.05) is 17.7 Å². The molecule has 5 rings (SSSR count). The third-order valence-electron chi connectivity index (χ3n) is 6.26. The lowest BCUT2D eigenvalue weighted by Crippen LogP contribution is -2.29. The van der Waals surface area contributed by atoms with Crippen molar-refractivity contribution in [3.63, 3.8) is 0 Å². The average molecular weight is 608 g/mol. The van der Waals surface area contributed by atoms with E-state index >= 15 is 0 Å². The van der Waals surface area contributed by atoms with Gasteiger partial charge >= 0.3 is 0 Å². The number of thioether (sulfide) groups is 1. The molecular weight excluding hydrogens is 583 g/mol. The van der Waals surface area contributed by atoms with E-state index in [-0.39, 0.29) is 11.9 Å². The molecule has 0 aliphatic rings. The minimum atomic E-state index is -0.210. The van der Waals surface area contributed by atoms with Crippen LogP contribution < -0.4 is 5.32 Å². The SMILES string of the molecule is O=C(CCCSc1nnc(-c2ccccc2Cl)n1-c1ccc(Cl)c(Cl)c1)NC(c1ccccc1)c1ccccc1. The summed E-state index contributed by atoms with van der Waals surface area (Å²) in [6, 6.07) is 32.6. The Morgan fingerprint density at radius 3 is 2.08 bits per heavy atom. The van der Waals surface area contributed by atoms with Gasteiger partial charge in [-0.15, -0.1) is 10.2 Å². The summed E-state index contributed by atoms with van der Waals surface area (Å²) in [4.78, 5) is 13.0. The van der Waals surface area contributed by atoms with Crippen molar-refractivity contribution >= 4 is 52.5 Å². The summed E-state index contributed by atoms with van der Waals surface area (Å²) in [5, 5.41) is 14.2. The number of nitrogens with zero attached hydrogens (tertiary/aromatic N) is 3. The zero-order valence-corrected chi connectivity index (χ0v) is 24.4. The van der Waals surface area contributed by atoms with Crippen LogP contribution in [0.5, 0.6) is 0 Å². The standard InChI is InChI=1S/C31H25Cl3N4OS/c32-25-15-8-7-14-24(25)30-36-37-31(38(30)23-17-18-26(33)27(34)20-23)40-19-9-16-28(39)35-29(21-10-3-1-4-11-21)22-12-5-2-6-13-22/h1-8,10-15,17-18,20,29H,9,16,19H2,(H,35,39). The van der Waals surface area contributed by atoms with Crippen molar-refractivity contribution in [3.05, 3.63) is 129 Å². The summed E-state index contributed by atoms with van der Waals surface area (Å²) < 4.78 is 1.91. The fourth-order valence-electron chi connectivity index (χ4n) is 4.32. The summed E-state index contributed by atoms with van der Waals surface area (Å²) in [5.41, 5.74) is 3.60. The maximum Gasteiger partial charge on any atom is 0.220 e. The van der Waals surface area contributed by atoms with Crippen LogP contribution in [0.15, 0.2) is 108 Å². The summed E-state index contributed by atoms with van der Waals surface area (Å²) in [7, 11) is 0. The Kier molecular flexibility index (Phi) is 9.45. The second kappa shape index (κ2) is 13.4. The molecule has 0 saturated carbocycles. The number of halogens is 3. The fourth-order valence-corrected chi connectivity index (χ4v) is 5.72. The van der Waals surface area contributed by atoms with Crippen LogP contribution in [0.4, 0.5) is 0 Å². The van der Waals surface area contributed by atoms with E-state index in [1.165, 1.54) is 11.8 Å². The zero-order chi connectivity index (χ0) is 27.9. The van der Waals surface area contributed by atoms with Crippen molar-refractivity contribution in [2.75, 3.05) is 5.75 Å². The number of hydrogen-bond donors (Lipinski definition) is 1. The Hall–Kier alpha value is -3.29. The Morgan fingerprint density at radius 2 is 1.43 bits per heavy atom. The van der Waals surface area contributed by atoms with Gasteiger partial charge in [-0.25, -0.2) is 0 Å². The van der Waals surface area contributed by atoms with E-state index in [0.717, 1.165) is 22.4 Å². The van der Waals surface area contributed by atoms with E-state index in [9.17, 15) is 4.79 Å². The van der Waals surface area contributed by atoms with Gasteiger partial charge in [-0.1, -0.05) is 119 Å². The van der Waals surface area contributed by atoms with Crippen molar-refractivity contribution in [2.24, 2.45) is 0 Å². The number of nitrogens with one attached hydrogen (secondary N) is 1. The second-order valence-corrected chi connectivity index (χ2v) is 11.3. The van der Waals surface area contributed by atoms with Gasteiger partial charge in [0.05, 0.1) is 26.8 Å². The quantitative estimate of drug-likeness (QED) is 0.127. The number of benzene rings is 4. The lowest BCUT2D eigenvalue weighted by molar-refractivity contribution is -0.121. The smallest absolute Gasteiger partial charge is 0.220 e. The molecule has 9 heteroatoms. The summed E-state index contributed by atoms with van der Waals surface area (Å²) >= 11 is 20.5. The van der Waals surface area contributed by atoms with Crippen LogP contribution in [-0.4, -0.2) is 26.4 Å². The van der Waals surface area contributed by atoms with E-state index in [2.05, 4.69) is 15.5 Å². The lowest BCUT2D eigenvalue weighted by Gasteiger charge is -2.20. The molecule has 0 aliphatic heterocycles. The van der Waals surface area contributed by atoms with Gasteiger partial charge in [0.1, 0.15) is 0 Å². The minimum Gasteiger partial charge on any atom is -0.345 e. The first-order chi connectivity index (χ1) is 19.5. The topological polar surface area (TPSA) is 59.8 Å². The molecule has 0 fully saturated rings. The molecule has 1 N–H and O–H groups in total. The molecule has 5 aromatic rings. The molecule has 0 aliphatic carbocycles.